The topological polar surface area (TPSA) is 94.6 Å². The summed E-state index contributed by atoms with van der Waals surface area (Å²) in [5.41, 5.74) is 2.34. The van der Waals surface area contributed by atoms with Crippen molar-refractivity contribution in [3.05, 3.63) is 120 Å². The Kier molecular flexibility index (Phi) is 8.97. The van der Waals surface area contributed by atoms with E-state index in [1.807, 2.05) is 54.6 Å². The Morgan fingerprint density at radius 1 is 0.976 bits per heavy atom. The van der Waals surface area contributed by atoms with Gasteiger partial charge in [0.05, 0.1) is 18.2 Å². The highest BCUT2D eigenvalue weighted by Crippen LogP contribution is 2.54. The number of amides is 1. The zero-order valence-corrected chi connectivity index (χ0v) is 24.6. The lowest BCUT2D eigenvalue weighted by molar-refractivity contribution is -0.196. The van der Waals surface area contributed by atoms with Crippen LogP contribution in [0.1, 0.15) is 16.7 Å². The minimum absolute atomic E-state index is 0.0551. The van der Waals surface area contributed by atoms with E-state index in [1.54, 1.807) is 19.0 Å². The van der Waals surface area contributed by atoms with Gasteiger partial charge in [-0.15, -0.1) is 0 Å². The standard InChI is InChI=1S/C30H34ClN4O5P/c1-33(2)41(31,38)39-22-26-20-34(21-28(40-26)35-19-18-27(36)32-29(35)37)30(23-12-6-3-7-13-23,24-14-8-4-9-15-24)25-16-10-5-11-17-25/h3-19,26,28-29,37H,20-22H2,1-2H3,(H,32,36). The molecule has 1 fully saturated rings. The van der Waals surface area contributed by atoms with Crippen molar-refractivity contribution in [3.63, 3.8) is 0 Å². The van der Waals surface area contributed by atoms with Gasteiger partial charge in [0.15, 0.2) is 0 Å². The van der Waals surface area contributed by atoms with E-state index in [9.17, 15) is 14.5 Å². The van der Waals surface area contributed by atoms with E-state index in [0.717, 1.165) is 16.7 Å². The third kappa shape index (κ3) is 6.12. The Balaban J connectivity index is 1.65. The number of hydrogen-bond donors (Lipinski definition) is 2. The summed E-state index contributed by atoms with van der Waals surface area (Å²) in [5.74, 6) is -0.400. The molecule has 216 valence electrons. The van der Waals surface area contributed by atoms with Crippen LogP contribution in [0, 0.1) is 0 Å². The van der Waals surface area contributed by atoms with Gasteiger partial charge >= 0.3 is 6.87 Å². The van der Waals surface area contributed by atoms with Crippen LogP contribution in [0.5, 0.6) is 0 Å². The highest BCUT2D eigenvalue weighted by Gasteiger charge is 2.47. The lowest BCUT2D eigenvalue weighted by Gasteiger charge is -2.52. The first-order valence-electron chi connectivity index (χ1n) is 13.3. The third-order valence-electron chi connectivity index (χ3n) is 7.38. The van der Waals surface area contributed by atoms with Crippen LogP contribution in [0.2, 0.25) is 0 Å². The number of carbonyl (C=O) groups is 1. The van der Waals surface area contributed by atoms with Gasteiger partial charge in [-0.25, -0.2) is 4.67 Å². The molecule has 0 aromatic heterocycles. The van der Waals surface area contributed by atoms with Gasteiger partial charge in [-0.3, -0.25) is 14.3 Å². The number of aliphatic hydroxyl groups excluding tert-OH is 1. The van der Waals surface area contributed by atoms with E-state index in [1.165, 1.54) is 16.9 Å². The van der Waals surface area contributed by atoms with Crippen molar-refractivity contribution in [2.75, 3.05) is 33.8 Å². The minimum atomic E-state index is -3.56. The first-order valence-corrected chi connectivity index (χ1v) is 15.8. The summed E-state index contributed by atoms with van der Waals surface area (Å²) in [6.07, 6.45) is 0.290. The normalized spacial score (nSPS) is 23.3. The van der Waals surface area contributed by atoms with E-state index in [0.29, 0.717) is 13.1 Å². The molecule has 2 N–H and O–H groups in total. The molecular weight excluding hydrogens is 563 g/mol. The molecule has 5 rings (SSSR count). The van der Waals surface area contributed by atoms with Gasteiger partial charge in [0.25, 0.3) is 0 Å². The smallest absolute Gasteiger partial charge is 0.356 e. The SMILES string of the molecule is CN(C)P(=O)(Cl)OCC1CN(C(c2ccccc2)(c2ccccc2)c2ccccc2)CC(N2C=CC(=O)NC2O)O1. The molecule has 9 nitrogen and oxygen atoms in total. The van der Waals surface area contributed by atoms with Crippen LogP contribution in [-0.2, 0) is 24.2 Å². The molecule has 2 aliphatic rings. The van der Waals surface area contributed by atoms with E-state index < -0.39 is 37.0 Å². The van der Waals surface area contributed by atoms with Crippen LogP contribution < -0.4 is 5.32 Å². The van der Waals surface area contributed by atoms with E-state index in [-0.39, 0.29) is 6.61 Å². The largest absolute Gasteiger partial charge is 0.362 e. The second-order valence-electron chi connectivity index (χ2n) is 10.2. The summed E-state index contributed by atoms with van der Waals surface area (Å²) in [6, 6.07) is 30.7. The first-order chi connectivity index (χ1) is 19.7. The maximum Gasteiger partial charge on any atom is 0.362 e. The van der Waals surface area contributed by atoms with Gasteiger partial charge in [0.1, 0.15) is 6.23 Å². The van der Waals surface area contributed by atoms with Gasteiger partial charge in [-0.1, -0.05) is 91.0 Å². The Morgan fingerprint density at radius 3 is 1.95 bits per heavy atom. The molecule has 0 spiro atoms. The predicted octanol–water partition coefficient (Wildman–Crippen LogP) is 4.15. The maximum atomic E-state index is 12.9. The third-order valence-corrected chi connectivity index (χ3v) is 10.0. The van der Waals surface area contributed by atoms with Crippen molar-refractivity contribution < 1.29 is 23.7 Å². The number of nitrogens with one attached hydrogen (secondary N) is 1. The molecule has 3 aromatic carbocycles. The molecule has 0 bridgehead atoms. The first kappa shape index (κ1) is 29.5. The Labute approximate surface area is 245 Å². The van der Waals surface area contributed by atoms with Gasteiger partial charge in [-0.05, 0) is 42.0 Å². The summed E-state index contributed by atoms with van der Waals surface area (Å²) in [6.45, 7) is -2.89. The molecule has 0 aliphatic carbocycles. The van der Waals surface area contributed by atoms with Crippen molar-refractivity contribution in [2.45, 2.75) is 24.2 Å². The Bertz CT molecular complexity index is 1300. The molecule has 2 aliphatic heterocycles. The predicted molar refractivity (Wildman–Crippen MR) is 158 cm³/mol. The number of ether oxygens (including phenoxy) is 1. The van der Waals surface area contributed by atoms with E-state index in [2.05, 4.69) is 46.6 Å². The molecule has 4 atom stereocenters. The zero-order valence-electron chi connectivity index (χ0n) is 22.9. The molecule has 3 aromatic rings. The van der Waals surface area contributed by atoms with Crippen molar-refractivity contribution in [1.82, 2.24) is 19.8 Å². The van der Waals surface area contributed by atoms with E-state index >= 15 is 0 Å². The molecule has 11 heteroatoms. The molecule has 1 saturated heterocycles. The molecule has 0 saturated carbocycles. The highest BCUT2D eigenvalue weighted by molar-refractivity contribution is 7.83. The number of hydrogen-bond acceptors (Lipinski definition) is 7. The van der Waals surface area contributed by atoms with Gasteiger partial charge in [0.2, 0.25) is 12.3 Å². The number of aliphatic hydroxyl groups is 1. The molecule has 0 radical (unpaired) electrons. The number of benzene rings is 3. The Morgan fingerprint density at radius 2 is 1.49 bits per heavy atom. The van der Waals surface area contributed by atoms with Crippen molar-refractivity contribution >= 4 is 24.0 Å². The van der Waals surface area contributed by atoms with Crippen LogP contribution in [0.15, 0.2) is 103 Å². The number of rotatable bonds is 9. The minimum Gasteiger partial charge on any atom is -0.356 e. The quantitative estimate of drug-likeness (QED) is 0.281. The van der Waals surface area contributed by atoms with Crippen LogP contribution in [-0.4, -0.2) is 78.0 Å². The summed E-state index contributed by atoms with van der Waals surface area (Å²) >= 11 is 6.21. The van der Waals surface area contributed by atoms with E-state index in [4.69, 9.17) is 20.5 Å². The Hall–Kier alpha value is -3.01. The van der Waals surface area contributed by atoms with Crippen LogP contribution in [0.4, 0.5) is 0 Å². The monoisotopic (exact) mass is 596 g/mol. The fraction of sp³-hybridized carbons (Fsp3) is 0.300. The number of nitrogens with zero attached hydrogens (tertiary/aromatic N) is 3. The number of morpholine rings is 1. The fourth-order valence-electron chi connectivity index (χ4n) is 5.46. The number of halogens is 1. The van der Waals surface area contributed by atoms with Gasteiger partial charge < -0.3 is 24.6 Å². The fourth-order valence-corrected chi connectivity index (χ4v) is 6.21. The zero-order chi connectivity index (χ0) is 29.0. The summed E-state index contributed by atoms with van der Waals surface area (Å²) < 4.78 is 26.4. The molecule has 4 unspecified atom stereocenters. The van der Waals surface area contributed by atoms with Gasteiger partial charge in [0, 0.05) is 25.4 Å². The van der Waals surface area contributed by atoms with Gasteiger partial charge in [-0.2, -0.15) is 0 Å². The maximum absolute atomic E-state index is 12.9. The molecule has 41 heavy (non-hydrogen) atoms. The van der Waals surface area contributed by atoms with Crippen LogP contribution in [0.25, 0.3) is 0 Å². The molecular formula is C30H34ClN4O5P. The average Bonchev–Trinajstić information content (AvgIpc) is 2.98. The van der Waals surface area contributed by atoms with Crippen LogP contribution >= 0.6 is 18.1 Å². The summed E-state index contributed by atoms with van der Waals surface area (Å²) in [5, 5.41) is 13.3. The van der Waals surface area contributed by atoms with Crippen LogP contribution in [0.3, 0.4) is 0 Å². The highest BCUT2D eigenvalue weighted by atomic mass is 35.7. The molecule has 2 heterocycles. The summed E-state index contributed by atoms with van der Waals surface area (Å²) in [4.78, 5) is 15.8. The summed E-state index contributed by atoms with van der Waals surface area (Å²) in [7, 11) is 3.18. The lowest BCUT2D eigenvalue weighted by atomic mass is 9.75. The second-order valence-corrected chi connectivity index (χ2v) is 13.4. The second kappa shape index (κ2) is 12.5. The lowest BCUT2D eigenvalue weighted by Crippen LogP contribution is -2.64. The molecule has 1 amide bonds. The van der Waals surface area contributed by atoms with Crippen molar-refractivity contribution in [2.24, 2.45) is 0 Å². The number of carbonyl (C=O) groups excluding carboxylic acids is 1. The average molecular weight is 597 g/mol. The van der Waals surface area contributed by atoms with Crippen molar-refractivity contribution in [3.8, 4) is 0 Å². The van der Waals surface area contributed by atoms with Crippen molar-refractivity contribution in [1.29, 1.82) is 0 Å².